The van der Waals surface area contributed by atoms with E-state index in [9.17, 15) is 26.4 Å². The van der Waals surface area contributed by atoms with Gasteiger partial charge in [0.1, 0.15) is 10.0 Å². The summed E-state index contributed by atoms with van der Waals surface area (Å²) in [4.78, 5) is 17.8. The molecule has 0 spiro atoms. The highest BCUT2D eigenvalue weighted by Gasteiger charge is 2.34. The second-order valence-corrected chi connectivity index (χ2v) is 10.6. The molecular weight excluding hydrogens is 483 g/mol. The molecule has 0 bridgehead atoms. The molecule has 2 heterocycles. The first-order valence-electron chi connectivity index (χ1n) is 9.27. The standard InChI is InChI=1S/C20H18F3N3O3S3/c1-12(2)25-32(28,29)15-5-3-4-13(8-15)9-16-18(27)26(19(30)31-16)11-14-6-7-17(24-10-14)20(21,22)23/h3-10,12,25H,11H2,1-2H3/b16-9-. The SMILES string of the molecule is CC(C)NS(=O)(=O)c1cccc(/C=C2\SC(=S)N(Cc3ccc(C(F)(F)F)nc3)C2=O)c1. The Kier molecular flexibility index (Phi) is 7.08. The Morgan fingerprint density at radius 1 is 1.25 bits per heavy atom. The van der Waals surface area contributed by atoms with Crippen molar-refractivity contribution in [3.05, 3.63) is 64.3 Å². The molecule has 0 aliphatic carbocycles. The Hall–Kier alpha value is -2.28. The number of carbonyl (C=O) groups excluding carboxylic acids is 1. The summed E-state index contributed by atoms with van der Waals surface area (Å²) in [7, 11) is -3.70. The van der Waals surface area contributed by atoms with E-state index in [4.69, 9.17) is 12.2 Å². The minimum Gasteiger partial charge on any atom is -0.288 e. The van der Waals surface area contributed by atoms with E-state index in [1.165, 1.54) is 29.2 Å². The highest BCUT2D eigenvalue weighted by Crippen LogP contribution is 2.34. The number of amides is 1. The lowest BCUT2D eigenvalue weighted by molar-refractivity contribution is -0.141. The second-order valence-electron chi connectivity index (χ2n) is 7.17. The molecule has 6 nitrogen and oxygen atoms in total. The largest absolute Gasteiger partial charge is 0.433 e. The number of pyridine rings is 1. The van der Waals surface area contributed by atoms with Gasteiger partial charge in [0, 0.05) is 12.2 Å². The third-order valence-corrected chi connectivity index (χ3v) is 7.22. The zero-order chi connectivity index (χ0) is 23.7. The number of nitrogens with zero attached hydrogens (tertiary/aromatic N) is 2. The number of halogens is 3. The van der Waals surface area contributed by atoms with Crippen LogP contribution in [0.3, 0.4) is 0 Å². The van der Waals surface area contributed by atoms with Gasteiger partial charge in [-0.25, -0.2) is 13.1 Å². The molecule has 1 N–H and O–H groups in total. The molecule has 2 aromatic rings. The molecule has 0 radical (unpaired) electrons. The molecule has 1 aromatic heterocycles. The Balaban J connectivity index is 1.79. The van der Waals surface area contributed by atoms with Gasteiger partial charge in [-0.3, -0.25) is 14.7 Å². The van der Waals surface area contributed by atoms with Gasteiger partial charge < -0.3 is 0 Å². The van der Waals surface area contributed by atoms with E-state index in [2.05, 4.69) is 9.71 Å². The van der Waals surface area contributed by atoms with Crippen LogP contribution in [0.15, 0.2) is 52.4 Å². The van der Waals surface area contributed by atoms with Crippen LogP contribution < -0.4 is 4.72 Å². The topological polar surface area (TPSA) is 79.4 Å². The molecule has 12 heteroatoms. The molecule has 1 saturated heterocycles. The van der Waals surface area contributed by atoms with Crippen LogP contribution in [-0.2, 0) is 27.5 Å². The fourth-order valence-corrected chi connectivity index (χ4v) is 5.37. The second kappa shape index (κ2) is 9.30. The predicted molar refractivity (Wildman–Crippen MR) is 120 cm³/mol. The smallest absolute Gasteiger partial charge is 0.288 e. The molecule has 3 rings (SSSR count). The lowest BCUT2D eigenvalue weighted by Crippen LogP contribution is -2.30. The molecule has 0 saturated carbocycles. The molecule has 1 aromatic carbocycles. The highest BCUT2D eigenvalue weighted by atomic mass is 32.2. The zero-order valence-electron chi connectivity index (χ0n) is 16.9. The zero-order valence-corrected chi connectivity index (χ0v) is 19.3. The summed E-state index contributed by atoms with van der Waals surface area (Å²) in [5.41, 5.74) is -0.134. The van der Waals surface area contributed by atoms with Gasteiger partial charge in [0.15, 0.2) is 0 Å². The van der Waals surface area contributed by atoms with Crippen LogP contribution >= 0.6 is 24.0 Å². The number of thiocarbonyl (C=S) groups is 1. The van der Waals surface area contributed by atoms with E-state index in [0.29, 0.717) is 11.1 Å². The summed E-state index contributed by atoms with van der Waals surface area (Å²) in [5, 5.41) is 0. The number of thioether (sulfide) groups is 1. The van der Waals surface area contributed by atoms with Gasteiger partial charge in [0.25, 0.3) is 5.91 Å². The van der Waals surface area contributed by atoms with Crippen LogP contribution in [0.5, 0.6) is 0 Å². The molecule has 32 heavy (non-hydrogen) atoms. The number of sulfonamides is 1. The first kappa shape index (κ1) is 24.4. The van der Waals surface area contributed by atoms with Crippen molar-refractivity contribution < 1.29 is 26.4 Å². The Morgan fingerprint density at radius 2 is 1.97 bits per heavy atom. The number of alkyl halides is 3. The molecule has 170 valence electrons. The van der Waals surface area contributed by atoms with Crippen LogP contribution in [0.4, 0.5) is 13.2 Å². The lowest BCUT2D eigenvalue weighted by atomic mass is 10.2. The summed E-state index contributed by atoms with van der Waals surface area (Å²) < 4.78 is 65.5. The number of hydrogen-bond acceptors (Lipinski definition) is 6. The van der Waals surface area contributed by atoms with Crippen molar-refractivity contribution in [2.75, 3.05) is 0 Å². The van der Waals surface area contributed by atoms with Gasteiger partial charge in [0.05, 0.1) is 16.3 Å². The number of hydrogen-bond donors (Lipinski definition) is 1. The summed E-state index contributed by atoms with van der Waals surface area (Å²) in [6.07, 6.45) is -1.96. The average Bonchev–Trinajstić information content (AvgIpc) is 2.94. The Labute approximate surface area is 193 Å². The number of aromatic nitrogens is 1. The minimum atomic E-state index is -4.55. The van der Waals surface area contributed by atoms with Gasteiger partial charge in [-0.2, -0.15) is 13.2 Å². The first-order chi connectivity index (χ1) is 14.9. The number of rotatable bonds is 6. The number of carbonyl (C=O) groups is 1. The van der Waals surface area contributed by atoms with Crippen molar-refractivity contribution in [1.82, 2.24) is 14.6 Å². The van der Waals surface area contributed by atoms with Crippen LogP contribution in [0.25, 0.3) is 6.08 Å². The van der Waals surface area contributed by atoms with Crippen LogP contribution in [0, 0.1) is 0 Å². The average molecular weight is 502 g/mol. The Bertz CT molecular complexity index is 1180. The monoisotopic (exact) mass is 501 g/mol. The fraction of sp³-hybridized carbons (Fsp3) is 0.250. The van der Waals surface area contributed by atoms with Crippen molar-refractivity contribution in [2.24, 2.45) is 0 Å². The minimum absolute atomic E-state index is 0.0279. The summed E-state index contributed by atoms with van der Waals surface area (Å²) in [5.74, 6) is -0.423. The predicted octanol–water partition coefficient (Wildman–Crippen LogP) is 4.19. The van der Waals surface area contributed by atoms with Crippen molar-refractivity contribution in [3.8, 4) is 0 Å². The number of benzene rings is 1. The maximum absolute atomic E-state index is 12.8. The summed E-state index contributed by atoms with van der Waals surface area (Å²) in [6.45, 7) is 3.39. The van der Waals surface area contributed by atoms with E-state index in [1.54, 1.807) is 26.0 Å². The molecule has 1 amide bonds. The molecule has 0 atom stereocenters. The summed E-state index contributed by atoms with van der Waals surface area (Å²) >= 11 is 6.28. The fourth-order valence-electron chi connectivity index (χ4n) is 2.81. The van der Waals surface area contributed by atoms with E-state index in [1.807, 2.05) is 0 Å². The molecule has 0 unspecified atom stereocenters. The highest BCUT2D eigenvalue weighted by molar-refractivity contribution is 8.26. The van der Waals surface area contributed by atoms with Crippen LogP contribution in [0.2, 0.25) is 0 Å². The van der Waals surface area contributed by atoms with E-state index >= 15 is 0 Å². The third kappa shape index (κ3) is 5.74. The van der Waals surface area contributed by atoms with Crippen molar-refractivity contribution in [3.63, 3.8) is 0 Å². The maximum Gasteiger partial charge on any atom is 0.433 e. The van der Waals surface area contributed by atoms with Crippen molar-refractivity contribution in [2.45, 2.75) is 37.5 Å². The van der Waals surface area contributed by atoms with Crippen LogP contribution in [-0.4, -0.2) is 34.6 Å². The van der Waals surface area contributed by atoms with Gasteiger partial charge in [-0.1, -0.05) is 42.2 Å². The summed E-state index contributed by atoms with van der Waals surface area (Å²) in [6, 6.07) is 7.92. The van der Waals surface area contributed by atoms with E-state index < -0.39 is 27.8 Å². The normalized spacial score (nSPS) is 16.4. The van der Waals surface area contributed by atoms with Crippen molar-refractivity contribution in [1.29, 1.82) is 0 Å². The molecular formula is C20H18F3N3O3S3. The molecule has 1 aliphatic rings. The van der Waals surface area contributed by atoms with Gasteiger partial charge in [-0.05, 0) is 49.2 Å². The number of nitrogens with one attached hydrogen (secondary N) is 1. The third-order valence-electron chi connectivity index (χ3n) is 4.19. The first-order valence-corrected chi connectivity index (χ1v) is 12.0. The van der Waals surface area contributed by atoms with Crippen molar-refractivity contribution >= 4 is 50.3 Å². The lowest BCUT2D eigenvalue weighted by Gasteiger charge is -2.14. The van der Waals surface area contributed by atoms with Gasteiger partial charge in [-0.15, -0.1) is 0 Å². The molecule has 1 aliphatic heterocycles. The van der Waals surface area contributed by atoms with Gasteiger partial charge in [0.2, 0.25) is 10.0 Å². The van der Waals surface area contributed by atoms with Crippen LogP contribution in [0.1, 0.15) is 30.7 Å². The van der Waals surface area contributed by atoms with E-state index in [0.717, 1.165) is 24.0 Å². The molecule has 1 fully saturated rings. The van der Waals surface area contributed by atoms with Gasteiger partial charge >= 0.3 is 6.18 Å². The quantitative estimate of drug-likeness (QED) is 0.473. The van der Waals surface area contributed by atoms with E-state index in [-0.39, 0.29) is 26.7 Å². The Morgan fingerprint density at radius 3 is 2.56 bits per heavy atom. The maximum atomic E-state index is 12.8.